The van der Waals surface area contributed by atoms with Crippen LogP contribution in [0.15, 0.2) is 29.3 Å². The summed E-state index contributed by atoms with van der Waals surface area (Å²) in [6.07, 6.45) is 0.994. The van der Waals surface area contributed by atoms with Crippen LogP contribution in [0.5, 0.6) is 0 Å². The molecule has 0 aromatic heterocycles. The molecule has 1 aliphatic rings. The fraction of sp³-hybridized carbons (Fsp3) is 0.600. The second kappa shape index (κ2) is 11.9. The molecule has 1 aromatic rings. The van der Waals surface area contributed by atoms with Crippen LogP contribution in [0.3, 0.4) is 0 Å². The Morgan fingerprint density at radius 3 is 2.79 bits per heavy atom. The molecular formula is C20H32ClN5O2. The number of hydrogen-bond acceptors (Lipinski definition) is 4. The van der Waals surface area contributed by atoms with Crippen LogP contribution in [0.4, 0.5) is 0 Å². The smallest absolute Gasteiger partial charge is 0.243 e. The minimum Gasteiger partial charge on any atom is -0.379 e. The van der Waals surface area contributed by atoms with Gasteiger partial charge in [0, 0.05) is 38.8 Å². The number of nitrogens with zero attached hydrogens (tertiary/aromatic N) is 3. The van der Waals surface area contributed by atoms with Crippen LogP contribution >= 0.6 is 11.6 Å². The fourth-order valence-electron chi connectivity index (χ4n) is 2.84. The number of carbonyl (C=O) groups excluding carboxylic acids is 1. The molecule has 0 aliphatic carbocycles. The third kappa shape index (κ3) is 8.04. The highest BCUT2D eigenvalue weighted by atomic mass is 35.5. The van der Waals surface area contributed by atoms with Crippen LogP contribution in [0.2, 0.25) is 5.02 Å². The average molecular weight is 410 g/mol. The number of amides is 1. The van der Waals surface area contributed by atoms with E-state index in [4.69, 9.17) is 16.3 Å². The molecule has 1 saturated heterocycles. The van der Waals surface area contributed by atoms with Crippen LogP contribution in [-0.4, -0.2) is 81.7 Å². The maximum absolute atomic E-state index is 11.9. The topological polar surface area (TPSA) is 69.2 Å². The Morgan fingerprint density at radius 1 is 1.36 bits per heavy atom. The molecule has 0 saturated carbocycles. The number of hydrogen-bond donors (Lipinski definition) is 2. The van der Waals surface area contributed by atoms with E-state index in [-0.39, 0.29) is 18.5 Å². The lowest BCUT2D eigenvalue weighted by Gasteiger charge is -2.26. The number of morpholine rings is 1. The lowest BCUT2D eigenvalue weighted by Crippen LogP contribution is -2.42. The highest BCUT2D eigenvalue weighted by Crippen LogP contribution is 2.17. The number of benzene rings is 1. The summed E-state index contributed by atoms with van der Waals surface area (Å²) in [4.78, 5) is 20.3. The first-order valence-electron chi connectivity index (χ1n) is 9.76. The zero-order chi connectivity index (χ0) is 20.4. The molecular weight excluding hydrogens is 378 g/mol. The Labute approximate surface area is 173 Å². The average Bonchev–Trinajstić information content (AvgIpc) is 2.69. The Morgan fingerprint density at radius 2 is 2.11 bits per heavy atom. The van der Waals surface area contributed by atoms with E-state index in [2.05, 4.69) is 20.5 Å². The summed E-state index contributed by atoms with van der Waals surface area (Å²) in [5.74, 6) is 0.592. The second-order valence-corrected chi connectivity index (χ2v) is 7.54. The predicted molar refractivity (Wildman–Crippen MR) is 114 cm³/mol. The molecule has 1 amide bonds. The molecule has 2 rings (SSSR count). The Hall–Kier alpha value is -1.83. The van der Waals surface area contributed by atoms with Crippen molar-refractivity contribution in [2.45, 2.75) is 19.4 Å². The number of nitrogens with one attached hydrogen (secondary N) is 2. The van der Waals surface area contributed by atoms with Crippen LogP contribution in [0, 0.1) is 0 Å². The van der Waals surface area contributed by atoms with Gasteiger partial charge in [-0.2, -0.15) is 0 Å². The van der Waals surface area contributed by atoms with E-state index in [1.54, 1.807) is 19.0 Å². The quantitative estimate of drug-likeness (QED) is 0.389. The van der Waals surface area contributed by atoms with Gasteiger partial charge in [0.2, 0.25) is 5.91 Å². The highest BCUT2D eigenvalue weighted by molar-refractivity contribution is 6.30. The Balaban J connectivity index is 1.89. The van der Waals surface area contributed by atoms with Gasteiger partial charge in [-0.15, -0.1) is 0 Å². The van der Waals surface area contributed by atoms with E-state index in [1.807, 2.05) is 31.2 Å². The molecule has 156 valence electrons. The number of aliphatic imine (C=N–C) groups is 1. The van der Waals surface area contributed by atoms with E-state index in [9.17, 15) is 4.79 Å². The monoisotopic (exact) mass is 409 g/mol. The molecule has 7 nitrogen and oxygen atoms in total. The first-order chi connectivity index (χ1) is 13.5. The molecule has 2 N–H and O–H groups in total. The van der Waals surface area contributed by atoms with Gasteiger partial charge in [-0.3, -0.25) is 9.69 Å². The predicted octanol–water partition coefficient (Wildman–Crippen LogP) is 1.75. The molecule has 1 heterocycles. The zero-order valence-electron chi connectivity index (χ0n) is 17.1. The van der Waals surface area contributed by atoms with Gasteiger partial charge in [-0.1, -0.05) is 23.7 Å². The largest absolute Gasteiger partial charge is 0.379 e. The van der Waals surface area contributed by atoms with Crippen LogP contribution < -0.4 is 10.6 Å². The molecule has 1 atom stereocenters. The van der Waals surface area contributed by atoms with Gasteiger partial charge in [-0.25, -0.2) is 4.99 Å². The molecule has 0 spiro atoms. The maximum atomic E-state index is 11.9. The Kier molecular flexibility index (Phi) is 9.54. The van der Waals surface area contributed by atoms with Crippen molar-refractivity contribution in [1.82, 2.24) is 20.4 Å². The number of carbonyl (C=O) groups is 1. The fourth-order valence-corrected chi connectivity index (χ4v) is 3.04. The van der Waals surface area contributed by atoms with Gasteiger partial charge in [0.15, 0.2) is 5.96 Å². The van der Waals surface area contributed by atoms with E-state index < -0.39 is 0 Å². The van der Waals surface area contributed by atoms with Crippen LogP contribution in [0.1, 0.15) is 24.9 Å². The van der Waals surface area contributed by atoms with E-state index in [0.717, 1.165) is 51.4 Å². The molecule has 1 unspecified atom stereocenters. The lowest BCUT2D eigenvalue weighted by molar-refractivity contribution is -0.127. The highest BCUT2D eigenvalue weighted by Gasteiger charge is 2.12. The number of guanidine groups is 1. The summed E-state index contributed by atoms with van der Waals surface area (Å²) < 4.78 is 5.38. The van der Waals surface area contributed by atoms with Gasteiger partial charge < -0.3 is 20.3 Å². The number of ether oxygens (including phenoxy) is 1. The van der Waals surface area contributed by atoms with Crippen molar-refractivity contribution in [3.63, 3.8) is 0 Å². The summed E-state index contributed by atoms with van der Waals surface area (Å²) in [5, 5.41) is 7.42. The standard InChI is InChI=1S/C20H32ClN5O2/c1-16(17-6-4-7-18(21)14-17)24-20(23-15-19(27)25(2)3)22-8-5-9-26-10-12-28-13-11-26/h4,6-7,14,16H,5,8-13,15H2,1-3H3,(H2,22,23,24). The van der Waals surface area contributed by atoms with Crippen LogP contribution in [-0.2, 0) is 9.53 Å². The SMILES string of the molecule is CC(NC(=NCC(=O)N(C)C)NCCCN1CCOCC1)c1cccc(Cl)c1. The van der Waals surface area contributed by atoms with Crippen molar-refractivity contribution in [2.24, 2.45) is 4.99 Å². The van der Waals surface area contributed by atoms with Crippen molar-refractivity contribution in [3.8, 4) is 0 Å². The summed E-state index contributed by atoms with van der Waals surface area (Å²) in [6.45, 7) is 7.55. The summed E-state index contributed by atoms with van der Waals surface area (Å²) >= 11 is 6.10. The molecule has 1 aliphatic heterocycles. The molecule has 0 radical (unpaired) electrons. The third-order valence-corrected chi connectivity index (χ3v) is 4.86. The maximum Gasteiger partial charge on any atom is 0.243 e. The molecule has 1 aromatic carbocycles. The van der Waals surface area contributed by atoms with Gasteiger partial charge in [0.05, 0.1) is 19.3 Å². The number of rotatable bonds is 8. The van der Waals surface area contributed by atoms with E-state index in [0.29, 0.717) is 11.0 Å². The molecule has 0 bridgehead atoms. The Bertz CT molecular complexity index is 647. The zero-order valence-corrected chi connectivity index (χ0v) is 17.8. The van der Waals surface area contributed by atoms with Crippen molar-refractivity contribution in [1.29, 1.82) is 0 Å². The summed E-state index contributed by atoms with van der Waals surface area (Å²) in [7, 11) is 3.46. The summed E-state index contributed by atoms with van der Waals surface area (Å²) in [5.41, 5.74) is 1.06. The molecule has 28 heavy (non-hydrogen) atoms. The van der Waals surface area contributed by atoms with Crippen LogP contribution in [0.25, 0.3) is 0 Å². The van der Waals surface area contributed by atoms with Crippen molar-refractivity contribution < 1.29 is 9.53 Å². The minimum atomic E-state index is -0.0372. The van der Waals surface area contributed by atoms with Crippen molar-refractivity contribution in [2.75, 3.05) is 60.0 Å². The normalized spacial score (nSPS) is 16.5. The second-order valence-electron chi connectivity index (χ2n) is 7.11. The van der Waals surface area contributed by atoms with Gasteiger partial charge in [-0.05, 0) is 37.6 Å². The van der Waals surface area contributed by atoms with E-state index >= 15 is 0 Å². The third-order valence-electron chi connectivity index (χ3n) is 4.62. The summed E-state index contributed by atoms with van der Waals surface area (Å²) in [6, 6.07) is 7.74. The minimum absolute atomic E-state index is 0.0126. The first kappa shape index (κ1) is 22.5. The molecule has 1 fully saturated rings. The number of halogens is 1. The van der Waals surface area contributed by atoms with Crippen molar-refractivity contribution >= 4 is 23.5 Å². The van der Waals surface area contributed by atoms with Gasteiger partial charge in [0.25, 0.3) is 0 Å². The lowest BCUT2D eigenvalue weighted by atomic mass is 10.1. The number of likely N-dealkylation sites (N-methyl/N-ethyl adjacent to an activating group) is 1. The first-order valence-corrected chi connectivity index (χ1v) is 10.1. The molecule has 8 heteroatoms. The van der Waals surface area contributed by atoms with Crippen molar-refractivity contribution in [3.05, 3.63) is 34.9 Å². The van der Waals surface area contributed by atoms with Gasteiger partial charge in [0.1, 0.15) is 6.54 Å². The van der Waals surface area contributed by atoms with E-state index in [1.165, 1.54) is 0 Å². The van der Waals surface area contributed by atoms with Gasteiger partial charge >= 0.3 is 0 Å².